The molecule has 0 fully saturated rings. The van der Waals surface area contributed by atoms with Crippen LogP contribution in [-0.2, 0) is 16.6 Å². The van der Waals surface area contributed by atoms with Gasteiger partial charge in [0.05, 0.1) is 16.8 Å². The number of hydrogen-bond acceptors (Lipinski definition) is 3. The van der Waals surface area contributed by atoms with Crippen molar-refractivity contribution in [2.75, 3.05) is 4.72 Å². The maximum atomic E-state index is 12.6. The van der Waals surface area contributed by atoms with Crippen molar-refractivity contribution < 1.29 is 8.42 Å². The maximum Gasteiger partial charge on any atom is 0.262 e. The minimum atomic E-state index is -3.64. The number of benzene rings is 2. The number of aryl methyl sites for hydroxylation is 1. The van der Waals surface area contributed by atoms with Crippen LogP contribution in [0.5, 0.6) is 0 Å². The first-order valence-corrected chi connectivity index (χ1v) is 8.11. The van der Waals surface area contributed by atoms with Crippen LogP contribution >= 0.6 is 0 Å². The summed E-state index contributed by atoms with van der Waals surface area (Å²) in [5, 5.41) is 5.66. The van der Waals surface area contributed by atoms with Crippen LogP contribution in [0.2, 0.25) is 0 Å². The largest absolute Gasteiger partial charge is 0.276 e. The molecular formula is C15H15N3O2S. The molecule has 0 unspecified atom stereocenters. The van der Waals surface area contributed by atoms with E-state index in [2.05, 4.69) is 9.82 Å². The van der Waals surface area contributed by atoms with Crippen molar-refractivity contribution in [3.63, 3.8) is 0 Å². The summed E-state index contributed by atoms with van der Waals surface area (Å²) >= 11 is 0. The minimum absolute atomic E-state index is 0.268. The van der Waals surface area contributed by atoms with Gasteiger partial charge < -0.3 is 0 Å². The van der Waals surface area contributed by atoms with E-state index in [0.29, 0.717) is 17.6 Å². The lowest BCUT2D eigenvalue weighted by Gasteiger charge is -2.09. The summed E-state index contributed by atoms with van der Waals surface area (Å²) in [4.78, 5) is 0.268. The predicted octanol–water partition coefficient (Wildman–Crippen LogP) is 2.86. The highest BCUT2D eigenvalue weighted by atomic mass is 32.2. The second-order valence-corrected chi connectivity index (χ2v) is 6.32. The molecule has 1 N–H and O–H groups in total. The van der Waals surface area contributed by atoms with Crippen molar-refractivity contribution in [3.8, 4) is 0 Å². The van der Waals surface area contributed by atoms with E-state index in [-0.39, 0.29) is 4.90 Å². The van der Waals surface area contributed by atoms with Crippen LogP contribution in [0.25, 0.3) is 10.8 Å². The molecule has 2 aromatic carbocycles. The first kappa shape index (κ1) is 13.6. The Morgan fingerprint density at radius 3 is 2.67 bits per heavy atom. The van der Waals surface area contributed by atoms with Crippen molar-refractivity contribution in [1.82, 2.24) is 9.78 Å². The first-order chi connectivity index (χ1) is 10.1. The molecule has 21 heavy (non-hydrogen) atoms. The molecule has 1 heterocycles. The average Bonchev–Trinajstić information content (AvgIpc) is 2.93. The smallest absolute Gasteiger partial charge is 0.262 e. The molecule has 6 heteroatoms. The molecule has 0 saturated heterocycles. The molecule has 108 valence electrons. The number of hydrogen-bond donors (Lipinski definition) is 1. The van der Waals surface area contributed by atoms with Crippen molar-refractivity contribution >= 4 is 26.5 Å². The van der Waals surface area contributed by atoms with Crippen LogP contribution in [0.15, 0.2) is 59.8 Å². The van der Waals surface area contributed by atoms with E-state index in [9.17, 15) is 8.42 Å². The minimum Gasteiger partial charge on any atom is -0.276 e. The Morgan fingerprint density at radius 1 is 1.14 bits per heavy atom. The molecule has 3 rings (SSSR count). The summed E-state index contributed by atoms with van der Waals surface area (Å²) in [7, 11) is -3.64. The molecule has 0 atom stereocenters. The second-order valence-electron chi connectivity index (χ2n) is 4.67. The van der Waals surface area contributed by atoms with Crippen molar-refractivity contribution in [2.45, 2.75) is 18.4 Å². The molecule has 0 saturated carbocycles. The number of anilines is 1. The van der Waals surface area contributed by atoms with Crippen LogP contribution in [0.3, 0.4) is 0 Å². The number of sulfonamides is 1. The number of nitrogens with one attached hydrogen (secondary N) is 1. The van der Waals surface area contributed by atoms with E-state index >= 15 is 0 Å². The topological polar surface area (TPSA) is 64.0 Å². The molecular weight excluding hydrogens is 286 g/mol. The SMILES string of the molecule is CCn1cc(NS(=O)(=O)c2cccc3ccccc23)cn1. The molecule has 0 spiro atoms. The molecule has 0 aliphatic rings. The average molecular weight is 301 g/mol. The number of fused-ring (bicyclic) bond motifs is 1. The highest BCUT2D eigenvalue weighted by Crippen LogP contribution is 2.24. The van der Waals surface area contributed by atoms with Gasteiger partial charge >= 0.3 is 0 Å². The van der Waals surface area contributed by atoms with Gasteiger partial charge in [0.15, 0.2) is 0 Å². The molecule has 0 aliphatic carbocycles. The maximum absolute atomic E-state index is 12.6. The third kappa shape index (κ3) is 2.62. The van der Waals surface area contributed by atoms with E-state index in [1.54, 1.807) is 29.1 Å². The lowest BCUT2D eigenvalue weighted by Crippen LogP contribution is -2.13. The van der Waals surface area contributed by atoms with Gasteiger partial charge in [0, 0.05) is 18.1 Å². The van der Waals surface area contributed by atoms with Gasteiger partial charge in [0.2, 0.25) is 0 Å². The molecule has 0 aliphatic heterocycles. The molecule has 0 bridgehead atoms. The zero-order valence-corrected chi connectivity index (χ0v) is 12.3. The van der Waals surface area contributed by atoms with Crippen molar-refractivity contribution in [2.24, 2.45) is 0 Å². The summed E-state index contributed by atoms with van der Waals surface area (Å²) in [5.41, 5.74) is 0.463. The second kappa shape index (κ2) is 5.21. The summed E-state index contributed by atoms with van der Waals surface area (Å²) < 4.78 is 29.4. The van der Waals surface area contributed by atoms with Gasteiger partial charge in [0.25, 0.3) is 10.0 Å². The summed E-state index contributed by atoms with van der Waals surface area (Å²) in [6.07, 6.45) is 3.18. The lowest BCUT2D eigenvalue weighted by molar-refractivity contribution is 0.602. The third-order valence-corrected chi connectivity index (χ3v) is 4.69. The van der Waals surface area contributed by atoms with E-state index in [1.807, 2.05) is 31.2 Å². The normalized spacial score (nSPS) is 11.7. The number of rotatable bonds is 4. The molecule has 5 nitrogen and oxygen atoms in total. The van der Waals surface area contributed by atoms with Gasteiger partial charge in [-0.1, -0.05) is 36.4 Å². The number of aromatic nitrogens is 2. The number of nitrogens with zero attached hydrogens (tertiary/aromatic N) is 2. The quantitative estimate of drug-likeness (QED) is 0.806. The van der Waals surface area contributed by atoms with Gasteiger partial charge in [-0.3, -0.25) is 9.40 Å². The zero-order chi connectivity index (χ0) is 14.9. The third-order valence-electron chi connectivity index (χ3n) is 3.25. The summed E-state index contributed by atoms with van der Waals surface area (Å²) in [5.74, 6) is 0. The first-order valence-electron chi connectivity index (χ1n) is 6.63. The fourth-order valence-electron chi connectivity index (χ4n) is 2.23. The molecule has 1 aromatic heterocycles. The molecule has 3 aromatic rings. The Kier molecular flexibility index (Phi) is 3.39. The Morgan fingerprint density at radius 2 is 1.90 bits per heavy atom. The van der Waals surface area contributed by atoms with E-state index in [4.69, 9.17) is 0 Å². The highest BCUT2D eigenvalue weighted by Gasteiger charge is 2.17. The van der Waals surface area contributed by atoms with Gasteiger partial charge in [0.1, 0.15) is 0 Å². The zero-order valence-electron chi connectivity index (χ0n) is 11.5. The standard InChI is InChI=1S/C15H15N3O2S/c1-2-18-11-13(10-16-18)17-21(19,20)15-9-5-7-12-6-3-4-8-14(12)15/h3-11,17H,2H2,1H3. The van der Waals surface area contributed by atoms with Gasteiger partial charge in [-0.05, 0) is 18.4 Å². The molecule has 0 amide bonds. The van der Waals surface area contributed by atoms with Crippen LogP contribution in [0, 0.1) is 0 Å². The summed E-state index contributed by atoms with van der Waals surface area (Å²) in [6.45, 7) is 2.63. The van der Waals surface area contributed by atoms with Crippen molar-refractivity contribution in [1.29, 1.82) is 0 Å². The van der Waals surface area contributed by atoms with Crippen LogP contribution in [-0.4, -0.2) is 18.2 Å². The van der Waals surface area contributed by atoms with Crippen LogP contribution < -0.4 is 4.72 Å². The summed E-state index contributed by atoms with van der Waals surface area (Å²) in [6, 6.07) is 12.7. The van der Waals surface area contributed by atoms with Gasteiger partial charge in [-0.15, -0.1) is 0 Å². The predicted molar refractivity (Wildman–Crippen MR) is 82.7 cm³/mol. The molecule has 0 radical (unpaired) electrons. The fourth-order valence-corrected chi connectivity index (χ4v) is 3.49. The van der Waals surface area contributed by atoms with Gasteiger partial charge in [-0.2, -0.15) is 5.10 Å². The van der Waals surface area contributed by atoms with Gasteiger partial charge in [-0.25, -0.2) is 8.42 Å². The van der Waals surface area contributed by atoms with Crippen LogP contribution in [0.4, 0.5) is 5.69 Å². The monoisotopic (exact) mass is 301 g/mol. The van der Waals surface area contributed by atoms with Crippen molar-refractivity contribution in [3.05, 3.63) is 54.9 Å². The Balaban J connectivity index is 2.04. The van der Waals surface area contributed by atoms with E-state index in [1.165, 1.54) is 6.20 Å². The van der Waals surface area contributed by atoms with Crippen LogP contribution in [0.1, 0.15) is 6.92 Å². The highest BCUT2D eigenvalue weighted by molar-refractivity contribution is 7.93. The Hall–Kier alpha value is -2.34. The van der Waals surface area contributed by atoms with E-state index in [0.717, 1.165) is 5.39 Å². The Bertz CT molecular complexity index is 879. The van der Waals surface area contributed by atoms with E-state index < -0.39 is 10.0 Å². The lowest BCUT2D eigenvalue weighted by atomic mass is 10.1. The Labute approximate surface area is 123 Å². The fraction of sp³-hybridized carbons (Fsp3) is 0.133.